The van der Waals surface area contributed by atoms with Crippen molar-refractivity contribution in [3.63, 3.8) is 0 Å². The molecule has 100 valence electrons. The molecule has 2 unspecified atom stereocenters. The van der Waals surface area contributed by atoms with Crippen LogP contribution in [0.25, 0.3) is 0 Å². The first kappa shape index (κ1) is 14.6. The molecule has 1 N–H and O–H groups in total. The normalized spacial score (nSPS) is 14.2. The van der Waals surface area contributed by atoms with Gasteiger partial charge in [-0.05, 0) is 25.1 Å². The van der Waals surface area contributed by atoms with Crippen LogP contribution in [-0.2, 0) is 0 Å². The summed E-state index contributed by atoms with van der Waals surface area (Å²) in [6.45, 7) is 6.66. The number of hydrogen-bond donors (Lipinski definition) is 1. The number of likely N-dealkylation sites (N-methyl/N-ethyl adjacent to an activating group) is 1. The summed E-state index contributed by atoms with van der Waals surface area (Å²) in [5.41, 5.74) is 0.438. The number of halogens is 1. The minimum Gasteiger partial charge on any atom is -0.314 e. The van der Waals surface area contributed by atoms with E-state index >= 15 is 0 Å². The van der Waals surface area contributed by atoms with E-state index in [1.54, 1.807) is 0 Å². The average Bonchev–Trinajstić information content (AvgIpc) is 2.34. The maximum absolute atomic E-state index is 13.3. The molecular weight excluding hydrogens is 235 g/mol. The minimum atomic E-state index is -0.454. The van der Waals surface area contributed by atoms with E-state index in [1.165, 1.54) is 12.1 Å². The monoisotopic (exact) mass is 254 g/mol. The second kappa shape index (κ2) is 6.44. The van der Waals surface area contributed by atoms with Gasteiger partial charge >= 0.3 is 0 Å². The van der Waals surface area contributed by atoms with Crippen LogP contribution < -0.4 is 5.32 Å². The van der Waals surface area contributed by atoms with Gasteiger partial charge in [0.15, 0.2) is 0 Å². The van der Waals surface area contributed by atoms with E-state index in [0.717, 1.165) is 19.0 Å². The Morgan fingerprint density at radius 1 is 1.44 bits per heavy atom. The van der Waals surface area contributed by atoms with Crippen molar-refractivity contribution in [3.8, 4) is 0 Å². The summed E-state index contributed by atoms with van der Waals surface area (Å²) in [6, 6.07) is 3.74. The quantitative estimate of drug-likeness (QED) is 0.626. The van der Waals surface area contributed by atoms with E-state index in [1.807, 2.05) is 20.8 Å². The summed E-state index contributed by atoms with van der Waals surface area (Å²) in [5.74, 6) is -0.542. The molecular formula is C13H19FN2O2. The zero-order chi connectivity index (χ0) is 13.7. The molecule has 0 radical (unpaired) electrons. The predicted molar refractivity (Wildman–Crippen MR) is 69.2 cm³/mol. The van der Waals surface area contributed by atoms with Crippen molar-refractivity contribution >= 4 is 5.69 Å². The second-order valence-corrected chi connectivity index (χ2v) is 4.32. The van der Waals surface area contributed by atoms with Crippen molar-refractivity contribution in [1.29, 1.82) is 0 Å². The molecule has 1 aromatic rings. The summed E-state index contributed by atoms with van der Waals surface area (Å²) in [6.07, 6.45) is 0.836. The molecule has 18 heavy (non-hydrogen) atoms. The highest BCUT2D eigenvalue weighted by Gasteiger charge is 2.24. The third kappa shape index (κ3) is 3.26. The van der Waals surface area contributed by atoms with Crippen molar-refractivity contribution in [2.45, 2.75) is 39.2 Å². The molecule has 0 amide bonds. The molecule has 0 saturated carbocycles. The van der Waals surface area contributed by atoms with Gasteiger partial charge < -0.3 is 5.32 Å². The molecule has 0 fully saturated rings. The van der Waals surface area contributed by atoms with E-state index in [2.05, 4.69) is 5.32 Å². The Balaban J connectivity index is 3.13. The number of rotatable bonds is 6. The van der Waals surface area contributed by atoms with Crippen LogP contribution in [0.2, 0.25) is 0 Å². The van der Waals surface area contributed by atoms with E-state index in [-0.39, 0.29) is 17.6 Å². The van der Waals surface area contributed by atoms with Crippen LogP contribution >= 0.6 is 0 Å². The molecule has 0 aliphatic carbocycles. The van der Waals surface area contributed by atoms with E-state index in [4.69, 9.17) is 0 Å². The van der Waals surface area contributed by atoms with Gasteiger partial charge in [0.1, 0.15) is 5.82 Å². The number of nitrogens with zero attached hydrogens (tertiary/aromatic N) is 1. The van der Waals surface area contributed by atoms with E-state index in [0.29, 0.717) is 5.56 Å². The highest BCUT2D eigenvalue weighted by molar-refractivity contribution is 5.43. The third-order valence-corrected chi connectivity index (χ3v) is 3.19. The van der Waals surface area contributed by atoms with Gasteiger partial charge in [-0.25, -0.2) is 4.39 Å². The number of benzene rings is 1. The summed E-state index contributed by atoms with van der Waals surface area (Å²) in [4.78, 5) is 10.5. The van der Waals surface area contributed by atoms with Crippen LogP contribution in [0.3, 0.4) is 0 Å². The van der Waals surface area contributed by atoms with E-state index in [9.17, 15) is 14.5 Å². The van der Waals surface area contributed by atoms with Gasteiger partial charge in [-0.1, -0.05) is 20.8 Å². The minimum absolute atomic E-state index is 0.0137. The molecule has 0 aliphatic heterocycles. The fraction of sp³-hybridized carbons (Fsp3) is 0.538. The third-order valence-electron chi connectivity index (χ3n) is 3.19. The number of hydrogen-bond acceptors (Lipinski definition) is 3. The van der Waals surface area contributed by atoms with Crippen molar-refractivity contribution in [3.05, 3.63) is 39.7 Å². The molecule has 0 heterocycles. The van der Waals surface area contributed by atoms with Crippen LogP contribution in [-0.4, -0.2) is 17.5 Å². The van der Waals surface area contributed by atoms with Gasteiger partial charge in [0, 0.05) is 23.6 Å². The Morgan fingerprint density at radius 3 is 2.61 bits per heavy atom. The van der Waals surface area contributed by atoms with Crippen molar-refractivity contribution in [2.24, 2.45) is 0 Å². The first-order valence-corrected chi connectivity index (χ1v) is 6.18. The van der Waals surface area contributed by atoms with Gasteiger partial charge in [0.2, 0.25) is 0 Å². The molecule has 0 bridgehead atoms. The number of nitro benzene ring substituents is 1. The van der Waals surface area contributed by atoms with Crippen molar-refractivity contribution < 1.29 is 9.31 Å². The molecule has 2 atom stereocenters. The highest BCUT2D eigenvalue weighted by Crippen LogP contribution is 2.30. The number of nitro groups is 1. The van der Waals surface area contributed by atoms with E-state index < -0.39 is 10.7 Å². The Hall–Kier alpha value is -1.49. The molecule has 0 spiro atoms. The second-order valence-electron chi connectivity index (χ2n) is 4.32. The largest absolute Gasteiger partial charge is 0.314 e. The molecule has 4 nitrogen and oxygen atoms in total. The van der Waals surface area contributed by atoms with Crippen molar-refractivity contribution in [1.82, 2.24) is 5.32 Å². The SMILES string of the molecule is CCNC(CC)C(C)c1cc(F)ccc1[N+](=O)[O-]. The Labute approximate surface area is 106 Å². The fourth-order valence-electron chi connectivity index (χ4n) is 2.21. The summed E-state index contributed by atoms with van der Waals surface area (Å²) >= 11 is 0. The summed E-state index contributed by atoms with van der Waals surface area (Å²) in [7, 11) is 0. The molecule has 5 heteroatoms. The van der Waals surface area contributed by atoms with Gasteiger partial charge in [-0.2, -0.15) is 0 Å². The lowest BCUT2D eigenvalue weighted by Gasteiger charge is -2.23. The maximum atomic E-state index is 13.3. The van der Waals surface area contributed by atoms with Crippen LogP contribution in [0.15, 0.2) is 18.2 Å². The van der Waals surface area contributed by atoms with Crippen LogP contribution in [0.5, 0.6) is 0 Å². The summed E-state index contributed by atoms with van der Waals surface area (Å²) in [5, 5.41) is 14.2. The topological polar surface area (TPSA) is 55.2 Å². The van der Waals surface area contributed by atoms with Crippen LogP contribution in [0.1, 0.15) is 38.7 Å². The molecule has 0 aromatic heterocycles. The zero-order valence-corrected chi connectivity index (χ0v) is 10.9. The average molecular weight is 254 g/mol. The zero-order valence-electron chi connectivity index (χ0n) is 10.9. The van der Waals surface area contributed by atoms with Gasteiger partial charge in [-0.3, -0.25) is 10.1 Å². The Kier molecular flexibility index (Phi) is 5.22. The lowest BCUT2D eigenvalue weighted by atomic mass is 9.90. The smallest absolute Gasteiger partial charge is 0.273 e. The number of nitrogens with one attached hydrogen (secondary N) is 1. The molecule has 0 aliphatic rings. The molecule has 0 saturated heterocycles. The fourth-order valence-corrected chi connectivity index (χ4v) is 2.21. The van der Waals surface area contributed by atoms with Gasteiger partial charge in [-0.15, -0.1) is 0 Å². The Morgan fingerprint density at radius 2 is 2.11 bits per heavy atom. The lowest BCUT2D eigenvalue weighted by molar-refractivity contribution is -0.385. The standard InChI is InChI=1S/C13H19FN2O2/c1-4-12(15-5-2)9(3)11-8-10(14)6-7-13(11)16(17)18/h6-9,12,15H,4-5H2,1-3H3. The first-order valence-electron chi connectivity index (χ1n) is 6.18. The van der Waals surface area contributed by atoms with Crippen molar-refractivity contribution in [2.75, 3.05) is 6.54 Å². The van der Waals surface area contributed by atoms with Gasteiger partial charge in [0.05, 0.1) is 4.92 Å². The summed E-state index contributed by atoms with van der Waals surface area (Å²) < 4.78 is 13.3. The van der Waals surface area contributed by atoms with Crippen LogP contribution in [0.4, 0.5) is 10.1 Å². The molecule has 1 rings (SSSR count). The van der Waals surface area contributed by atoms with Crippen LogP contribution in [0, 0.1) is 15.9 Å². The molecule has 1 aromatic carbocycles. The lowest BCUT2D eigenvalue weighted by Crippen LogP contribution is -2.33. The first-order chi connectivity index (χ1) is 8.51. The highest BCUT2D eigenvalue weighted by atomic mass is 19.1. The maximum Gasteiger partial charge on any atom is 0.273 e. The van der Waals surface area contributed by atoms with Gasteiger partial charge in [0.25, 0.3) is 5.69 Å². The predicted octanol–water partition coefficient (Wildman–Crippen LogP) is 3.23. The Bertz CT molecular complexity index is 423.